The third kappa shape index (κ3) is 3.22. The highest BCUT2D eigenvalue weighted by Crippen LogP contribution is 2.48. The molecule has 1 aliphatic heterocycles. The van der Waals surface area contributed by atoms with E-state index in [1.165, 1.54) is 77.3 Å². The Balaban J connectivity index is 1.39. The lowest BCUT2D eigenvalue weighted by molar-refractivity contribution is -0.0259. The maximum atomic E-state index is 6.30. The highest BCUT2D eigenvalue weighted by Gasteiger charge is 2.44. The largest absolute Gasteiger partial charge is 0.300 e. The summed E-state index contributed by atoms with van der Waals surface area (Å²) in [5.74, 6) is 4.19. The van der Waals surface area contributed by atoms with Crippen LogP contribution < -0.4 is 0 Å². The monoisotopic (exact) mass is 323 g/mol. The number of fused-ring (bicyclic) bond motifs is 3. The van der Waals surface area contributed by atoms with Gasteiger partial charge in [-0.25, -0.2) is 0 Å². The zero-order valence-electron chi connectivity index (χ0n) is 14.2. The molecule has 3 saturated carbocycles. The Kier molecular flexibility index (Phi) is 5.02. The van der Waals surface area contributed by atoms with Gasteiger partial charge in [-0.15, -0.1) is 11.6 Å². The van der Waals surface area contributed by atoms with Crippen molar-refractivity contribution >= 4 is 11.6 Å². The summed E-state index contributed by atoms with van der Waals surface area (Å²) < 4.78 is 0. The predicted molar refractivity (Wildman–Crippen MR) is 94.4 cm³/mol. The molecule has 0 radical (unpaired) electrons. The van der Waals surface area contributed by atoms with Crippen molar-refractivity contribution in [2.24, 2.45) is 23.7 Å². The predicted octanol–water partition coefficient (Wildman–Crippen LogP) is 5.46. The quantitative estimate of drug-likeness (QED) is 0.609. The van der Waals surface area contributed by atoms with E-state index in [9.17, 15) is 0 Å². The topological polar surface area (TPSA) is 3.24 Å². The van der Waals surface area contributed by atoms with Gasteiger partial charge in [0.15, 0.2) is 0 Å². The highest BCUT2D eigenvalue weighted by atomic mass is 35.5. The van der Waals surface area contributed by atoms with Crippen LogP contribution in [0.2, 0.25) is 0 Å². The highest BCUT2D eigenvalue weighted by molar-refractivity contribution is 6.20. The second-order valence-electron chi connectivity index (χ2n) is 8.77. The molecule has 1 heterocycles. The molecule has 1 saturated heterocycles. The van der Waals surface area contributed by atoms with Gasteiger partial charge in [0, 0.05) is 18.0 Å². The first-order valence-electron chi connectivity index (χ1n) is 10.2. The van der Waals surface area contributed by atoms with Crippen LogP contribution in [0.25, 0.3) is 0 Å². The number of likely N-dealkylation sites (tertiary alicyclic amines) is 1. The number of alkyl halides is 1. The van der Waals surface area contributed by atoms with Gasteiger partial charge in [-0.05, 0) is 88.0 Å². The number of piperidine rings is 1. The van der Waals surface area contributed by atoms with Crippen molar-refractivity contribution in [2.45, 2.75) is 88.5 Å². The van der Waals surface area contributed by atoms with E-state index in [1.807, 2.05) is 0 Å². The molecule has 1 nitrogen and oxygen atoms in total. The van der Waals surface area contributed by atoms with Crippen LogP contribution in [0.1, 0.15) is 77.0 Å². The van der Waals surface area contributed by atoms with Gasteiger partial charge >= 0.3 is 0 Å². The first-order chi connectivity index (χ1) is 10.8. The third-order valence-electron chi connectivity index (χ3n) is 7.57. The summed E-state index contributed by atoms with van der Waals surface area (Å²) in [5, 5.41) is 0.475. The Morgan fingerprint density at radius 3 is 2.36 bits per heavy atom. The van der Waals surface area contributed by atoms with Crippen molar-refractivity contribution in [2.75, 3.05) is 13.1 Å². The van der Waals surface area contributed by atoms with Gasteiger partial charge in [-0.3, -0.25) is 4.90 Å². The molecule has 4 rings (SSSR count). The molecule has 0 bridgehead atoms. The maximum Gasteiger partial charge on any atom is 0.0336 e. The molecule has 0 spiro atoms. The van der Waals surface area contributed by atoms with Gasteiger partial charge in [-0.1, -0.05) is 19.3 Å². The Hall–Kier alpha value is 0.250. The van der Waals surface area contributed by atoms with Crippen LogP contribution in [0.15, 0.2) is 0 Å². The Morgan fingerprint density at radius 2 is 1.50 bits per heavy atom. The fraction of sp³-hybridized carbons (Fsp3) is 1.00. The summed E-state index contributed by atoms with van der Waals surface area (Å²) in [6.45, 7) is 2.78. The van der Waals surface area contributed by atoms with Gasteiger partial charge in [0.25, 0.3) is 0 Å². The van der Waals surface area contributed by atoms with E-state index in [1.54, 1.807) is 12.8 Å². The van der Waals surface area contributed by atoms with Crippen molar-refractivity contribution in [1.82, 2.24) is 4.90 Å². The van der Waals surface area contributed by atoms with Gasteiger partial charge < -0.3 is 0 Å². The average Bonchev–Trinajstić information content (AvgIpc) is 2.57. The second-order valence-corrected chi connectivity index (χ2v) is 9.39. The fourth-order valence-electron chi connectivity index (χ4n) is 6.46. The molecule has 0 amide bonds. The summed E-state index contributed by atoms with van der Waals surface area (Å²) in [6.07, 6.45) is 17.5. The lowest BCUT2D eigenvalue weighted by atomic mass is 9.61. The van der Waals surface area contributed by atoms with E-state index >= 15 is 0 Å². The first-order valence-corrected chi connectivity index (χ1v) is 10.6. The summed E-state index contributed by atoms with van der Waals surface area (Å²) >= 11 is 6.30. The first kappa shape index (κ1) is 15.8. The Labute approximate surface area is 142 Å². The molecule has 4 unspecified atom stereocenters. The minimum absolute atomic E-state index is 0.475. The van der Waals surface area contributed by atoms with E-state index < -0.39 is 0 Å². The van der Waals surface area contributed by atoms with Crippen molar-refractivity contribution in [3.63, 3.8) is 0 Å². The van der Waals surface area contributed by atoms with Gasteiger partial charge in [0.2, 0.25) is 0 Å². The molecule has 4 aliphatic rings. The SMILES string of the molecule is ClC1CCC(CN2CCCC3C4CCCCC4CCC32)CC1. The van der Waals surface area contributed by atoms with Crippen LogP contribution in [-0.2, 0) is 0 Å². The number of halogens is 1. The lowest BCUT2D eigenvalue weighted by Gasteiger charge is -2.53. The minimum Gasteiger partial charge on any atom is -0.300 e. The van der Waals surface area contributed by atoms with Crippen LogP contribution in [0, 0.1) is 23.7 Å². The van der Waals surface area contributed by atoms with E-state index in [-0.39, 0.29) is 0 Å². The van der Waals surface area contributed by atoms with Crippen LogP contribution in [0.5, 0.6) is 0 Å². The van der Waals surface area contributed by atoms with Crippen molar-refractivity contribution in [1.29, 1.82) is 0 Å². The number of hydrogen-bond acceptors (Lipinski definition) is 1. The third-order valence-corrected chi connectivity index (χ3v) is 8.00. The number of hydrogen-bond donors (Lipinski definition) is 0. The molecular weight excluding hydrogens is 290 g/mol. The van der Waals surface area contributed by atoms with Gasteiger partial charge in [-0.2, -0.15) is 0 Å². The summed E-state index contributed by atoms with van der Waals surface area (Å²) in [4.78, 5) is 2.94. The fourth-order valence-corrected chi connectivity index (χ4v) is 6.71. The minimum atomic E-state index is 0.475. The summed E-state index contributed by atoms with van der Waals surface area (Å²) in [7, 11) is 0. The Morgan fingerprint density at radius 1 is 0.727 bits per heavy atom. The molecule has 0 aromatic rings. The lowest BCUT2D eigenvalue weighted by Crippen LogP contribution is -2.53. The molecule has 0 N–H and O–H groups in total. The van der Waals surface area contributed by atoms with Crippen LogP contribution in [0.3, 0.4) is 0 Å². The molecule has 4 atom stereocenters. The van der Waals surface area contributed by atoms with Gasteiger partial charge in [0.1, 0.15) is 0 Å². The van der Waals surface area contributed by atoms with Crippen LogP contribution in [0.4, 0.5) is 0 Å². The summed E-state index contributed by atoms with van der Waals surface area (Å²) in [6, 6.07) is 0.946. The number of nitrogens with zero attached hydrogens (tertiary/aromatic N) is 1. The summed E-state index contributed by atoms with van der Waals surface area (Å²) in [5.41, 5.74) is 0. The molecular formula is C20H34ClN. The standard InChI is InChI=1S/C20H34ClN/c21-17-10-7-15(8-11-17)14-22-13-3-6-19-18-5-2-1-4-16(18)9-12-20(19)22/h15-20H,1-14H2. The Bertz CT molecular complexity index is 363. The molecule has 126 valence electrons. The molecule has 3 aliphatic carbocycles. The molecule has 22 heavy (non-hydrogen) atoms. The molecule has 4 fully saturated rings. The average molecular weight is 324 g/mol. The van der Waals surface area contributed by atoms with E-state index in [0.717, 1.165) is 29.7 Å². The van der Waals surface area contributed by atoms with Crippen molar-refractivity contribution in [3.05, 3.63) is 0 Å². The van der Waals surface area contributed by atoms with Crippen molar-refractivity contribution in [3.8, 4) is 0 Å². The molecule has 0 aromatic heterocycles. The zero-order valence-corrected chi connectivity index (χ0v) is 14.9. The maximum absolute atomic E-state index is 6.30. The van der Waals surface area contributed by atoms with E-state index in [2.05, 4.69) is 4.90 Å². The normalized spacial score (nSPS) is 46.8. The van der Waals surface area contributed by atoms with Crippen molar-refractivity contribution < 1.29 is 0 Å². The molecule has 0 aromatic carbocycles. The smallest absolute Gasteiger partial charge is 0.0336 e. The second kappa shape index (κ2) is 7.01. The molecule has 2 heteroatoms. The zero-order chi connectivity index (χ0) is 14.9. The van der Waals surface area contributed by atoms with Crippen LogP contribution >= 0.6 is 11.6 Å². The van der Waals surface area contributed by atoms with Crippen LogP contribution in [-0.4, -0.2) is 29.4 Å². The van der Waals surface area contributed by atoms with Gasteiger partial charge in [0.05, 0.1) is 0 Å². The van der Waals surface area contributed by atoms with E-state index in [0.29, 0.717) is 5.38 Å². The van der Waals surface area contributed by atoms with E-state index in [4.69, 9.17) is 11.6 Å². The number of rotatable bonds is 2.